The van der Waals surface area contributed by atoms with Crippen molar-refractivity contribution in [1.82, 2.24) is 4.90 Å². The maximum atomic E-state index is 13.6. The van der Waals surface area contributed by atoms with Gasteiger partial charge in [0, 0.05) is 7.05 Å². The number of hydrogen-bond donors (Lipinski definition) is 0. The van der Waals surface area contributed by atoms with E-state index in [1.165, 1.54) is 26.4 Å². The summed E-state index contributed by atoms with van der Waals surface area (Å²) < 4.78 is 10.5. The molecule has 4 saturated carbocycles. The van der Waals surface area contributed by atoms with Gasteiger partial charge in [0.25, 0.3) is 0 Å². The molecule has 27 heavy (non-hydrogen) atoms. The molecule has 1 heterocycles. The summed E-state index contributed by atoms with van der Waals surface area (Å²) >= 11 is 0. The van der Waals surface area contributed by atoms with E-state index in [0.29, 0.717) is 40.4 Å². The summed E-state index contributed by atoms with van der Waals surface area (Å²) in [5.74, 6) is 1.69. The number of carbonyl (C=O) groups is 2. The molecule has 0 radical (unpaired) electrons. The van der Waals surface area contributed by atoms with E-state index >= 15 is 0 Å². The van der Waals surface area contributed by atoms with Gasteiger partial charge in [-0.25, -0.2) is 4.79 Å². The van der Waals surface area contributed by atoms with Crippen molar-refractivity contribution >= 4 is 11.9 Å². The van der Waals surface area contributed by atoms with Crippen LogP contribution in [0.1, 0.15) is 74.3 Å². The highest BCUT2D eigenvalue weighted by Gasteiger charge is 2.63. The molecule has 0 saturated heterocycles. The summed E-state index contributed by atoms with van der Waals surface area (Å²) in [5.41, 5.74) is 0.835. The van der Waals surface area contributed by atoms with E-state index in [-0.39, 0.29) is 11.3 Å². The molecule has 0 aliphatic heterocycles. The Labute approximate surface area is 161 Å². The predicted molar refractivity (Wildman–Crippen MR) is 101 cm³/mol. The SMILES string of the molecule is COC(=O)c1cc(CN(C)C(=O)C23CC4CC(C)(CC(C)(C4)C2)C3)oc1C. The maximum Gasteiger partial charge on any atom is 0.341 e. The van der Waals surface area contributed by atoms with Crippen molar-refractivity contribution in [3.63, 3.8) is 0 Å². The Kier molecular flexibility index (Phi) is 4.03. The molecule has 2 unspecified atom stereocenters. The molecule has 4 aliphatic carbocycles. The van der Waals surface area contributed by atoms with E-state index in [2.05, 4.69) is 13.8 Å². The molecular formula is C22H31NO4. The fourth-order valence-corrected chi connectivity index (χ4v) is 7.33. The number of amides is 1. The van der Waals surface area contributed by atoms with Crippen molar-refractivity contribution in [2.75, 3.05) is 14.2 Å². The summed E-state index contributed by atoms with van der Waals surface area (Å²) in [7, 11) is 3.22. The van der Waals surface area contributed by atoms with Crippen LogP contribution in [0.5, 0.6) is 0 Å². The molecule has 4 aliphatic rings. The van der Waals surface area contributed by atoms with E-state index in [1.54, 1.807) is 17.9 Å². The summed E-state index contributed by atoms with van der Waals surface area (Å²) in [6.45, 7) is 6.90. The highest BCUT2D eigenvalue weighted by atomic mass is 16.5. The van der Waals surface area contributed by atoms with Gasteiger partial charge in [0.2, 0.25) is 5.91 Å². The third kappa shape index (κ3) is 2.99. The smallest absolute Gasteiger partial charge is 0.341 e. The molecule has 4 bridgehead atoms. The van der Waals surface area contributed by atoms with E-state index < -0.39 is 5.97 Å². The number of nitrogens with zero attached hydrogens (tertiary/aromatic N) is 1. The summed E-state index contributed by atoms with van der Waals surface area (Å²) in [6.07, 6.45) is 6.88. The third-order valence-corrected chi connectivity index (χ3v) is 7.19. The molecule has 5 heteroatoms. The van der Waals surface area contributed by atoms with Crippen LogP contribution in [-0.2, 0) is 16.1 Å². The van der Waals surface area contributed by atoms with E-state index in [4.69, 9.17) is 9.15 Å². The highest BCUT2D eigenvalue weighted by molar-refractivity contribution is 5.90. The average molecular weight is 373 g/mol. The molecule has 1 amide bonds. The monoisotopic (exact) mass is 373 g/mol. The van der Waals surface area contributed by atoms with Crippen molar-refractivity contribution in [2.24, 2.45) is 22.2 Å². The lowest BCUT2D eigenvalue weighted by molar-refractivity contribution is -0.179. The first-order valence-corrected chi connectivity index (χ1v) is 10.0. The average Bonchev–Trinajstić information content (AvgIpc) is 2.90. The molecule has 0 spiro atoms. The molecule has 5 rings (SSSR count). The van der Waals surface area contributed by atoms with Gasteiger partial charge in [-0.1, -0.05) is 13.8 Å². The van der Waals surface area contributed by atoms with Gasteiger partial charge in [-0.2, -0.15) is 0 Å². The minimum absolute atomic E-state index is 0.218. The van der Waals surface area contributed by atoms with Gasteiger partial charge in [0.15, 0.2) is 0 Å². The summed E-state index contributed by atoms with van der Waals surface area (Å²) in [5, 5.41) is 0. The van der Waals surface area contributed by atoms with Crippen molar-refractivity contribution in [2.45, 2.75) is 65.8 Å². The van der Waals surface area contributed by atoms with Crippen molar-refractivity contribution < 1.29 is 18.7 Å². The summed E-state index contributed by atoms with van der Waals surface area (Å²) in [6, 6.07) is 1.70. The Morgan fingerprint density at radius 1 is 1.19 bits per heavy atom. The van der Waals surface area contributed by atoms with Crippen LogP contribution in [0.15, 0.2) is 10.5 Å². The van der Waals surface area contributed by atoms with E-state index in [9.17, 15) is 9.59 Å². The number of methoxy groups -OCH3 is 1. The zero-order chi connectivity index (χ0) is 19.6. The Hall–Kier alpha value is -1.78. The lowest BCUT2D eigenvalue weighted by atomic mass is 9.40. The highest BCUT2D eigenvalue weighted by Crippen LogP contribution is 2.69. The van der Waals surface area contributed by atoms with Crippen LogP contribution >= 0.6 is 0 Å². The lowest BCUT2D eigenvalue weighted by Gasteiger charge is -2.65. The van der Waals surface area contributed by atoms with E-state index in [0.717, 1.165) is 19.3 Å². The summed E-state index contributed by atoms with van der Waals surface area (Å²) in [4.78, 5) is 27.2. The van der Waals surface area contributed by atoms with Gasteiger partial charge in [-0.15, -0.1) is 0 Å². The Morgan fingerprint density at radius 2 is 1.81 bits per heavy atom. The second kappa shape index (κ2) is 5.86. The Bertz CT molecular complexity index is 776. The van der Waals surface area contributed by atoms with Gasteiger partial charge < -0.3 is 14.1 Å². The van der Waals surface area contributed by atoms with Crippen LogP contribution in [0.2, 0.25) is 0 Å². The van der Waals surface area contributed by atoms with Gasteiger partial charge in [0.05, 0.1) is 19.1 Å². The van der Waals surface area contributed by atoms with Gasteiger partial charge in [0.1, 0.15) is 17.1 Å². The maximum absolute atomic E-state index is 13.6. The van der Waals surface area contributed by atoms with Crippen LogP contribution in [0.3, 0.4) is 0 Å². The first kappa shape index (κ1) is 18.6. The fraction of sp³-hybridized carbons (Fsp3) is 0.727. The molecule has 1 aromatic heterocycles. The van der Waals surface area contributed by atoms with Crippen molar-refractivity contribution in [3.8, 4) is 0 Å². The number of ether oxygens (including phenoxy) is 1. The standard InChI is InChI=1S/C22H31NO4/c1-14-17(18(24)26-5)6-16(27-14)10-23(4)19(25)22-9-15-7-20(2,12-22)11-21(3,8-15)13-22/h6,15H,7-13H2,1-5H3. The number of esters is 1. The molecular weight excluding hydrogens is 342 g/mol. The second-order valence-corrected chi connectivity index (χ2v) is 10.2. The van der Waals surface area contributed by atoms with Gasteiger partial charge in [-0.3, -0.25) is 4.79 Å². The van der Waals surface area contributed by atoms with Crippen LogP contribution in [0, 0.1) is 29.1 Å². The number of carbonyl (C=O) groups excluding carboxylic acids is 2. The zero-order valence-corrected chi connectivity index (χ0v) is 17.2. The van der Waals surface area contributed by atoms with Crippen molar-refractivity contribution in [1.29, 1.82) is 0 Å². The predicted octanol–water partition coefficient (Wildman–Crippen LogP) is 4.33. The third-order valence-electron chi connectivity index (χ3n) is 7.19. The normalized spacial score (nSPS) is 36.7. The van der Waals surface area contributed by atoms with Crippen LogP contribution in [0.4, 0.5) is 0 Å². The quantitative estimate of drug-likeness (QED) is 0.737. The molecule has 0 aromatic carbocycles. The van der Waals surface area contributed by atoms with Crippen molar-refractivity contribution in [3.05, 3.63) is 23.2 Å². The molecule has 1 aromatic rings. The van der Waals surface area contributed by atoms with Gasteiger partial charge >= 0.3 is 5.97 Å². The van der Waals surface area contributed by atoms with Crippen LogP contribution in [0.25, 0.3) is 0 Å². The number of furan rings is 1. The first-order valence-electron chi connectivity index (χ1n) is 10.0. The van der Waals surface area contributed by atoms with E-state index in [1.807, 2.05) is 7.05 Å². The molecule has 148 valence electrons. The van der Waals surface area contributed by atoms with Crippen LogP contribution in [-0.4, -0.2) is 30.9 Å². The second-order valence-electron chi connectivity index (χ2n) is 10.2. The Balaban J connectivity index is 1.54. The Morgan fingerprint density at radius 3 is 2.37 bits per heavy atom. The molecule has 0 N–H and O–H groups in total. The molecule has 2 atom stereocenters. The van der Waals surface area contributed by atoms with Gasteiger partial charge in [-0.05, 0) is 68.3 Å². The number of aryl methyl sites for hydroxylation is 1. The minimum Gasteiger partial charge on any atom is -0.465 e. The first-order chi connectivity index (χ1) is 12.6. The largest absolute Gasteiger partial charge is 0.465 e. The number of hydrogen-bond acceptors (Lipinski definition) is 4. The zero-order valence-electron chi connectivity index (χ0n) is 17.2. The number of rotatable bonds is 4. The topological polar surface area (TPSA) is 59.8 Å². The minimum atomic E-state index is -0.404. The molecule has 4 fully saturated rings. The fourth-order valence-electron chi connectivity index (χ4n) is 7.33. The molecule has 5 nitrogen and oxygen atoms in total. The van der Waals surface area contributed by atoms with Crippen LogP contribution < -0.4 is 0 Å². The lowest BCUT2D eigenvalue weighted by Crippen LogP contribution is -2.59.